The Morgan fingerprint density at radius 1 is 0.595 bits per heavy atom. The van der Waals surface area contributed by atoms with Crippen molar-refractivity contribution in [1.29, 1.82) is 0 Å². The van der Waals surface area contributed by atoms with Gasteiger partial charge in [0.05, 0.1) is 22.4 Å². The molecule has 0 spiro atoms. The molecule has 2 aromatic heterocycles. The maximum atomic E-state index is 5.76. The third-order valence-electron chi connectivity index (χ3n) is 8.40. The Kier molecular flexibility index (Phi) is 7.36. The van der Waals surface area contributed by atoms with E-state index in [0.717, 1.165) is 56.2 Å². The molecule has 4 aromatic rings. The molecule has 2 heterocycles. The van der Waals surface area contributed by atoms with Gasteiger partial charge in [-0.1, -0.05) is 55.7 Å². The summed E-state index contributed by atoms with van der Waals surface area (Å²) in [6.07, 6.45) is 15.5. The molecular formula is C33H40N4. The van der Waals surface area contributed by atoms with Crippen LogP contribution in [0.4, 0.5) is 11.4 Å². The van der Waals surface area contributed by atoms with Crippen LogP contribution in [0.25, 0.3) is 21.8 Å². The van der Waals surface area contributed by atoms with Gasteiger partial charge in [-0.05, 0) is 94.0 Å². The molecule has 2 aliphatic carbocycles. The zero-order valence-corrected chi connectivity index (χ0v) is 22.1. The normalized spacial score (nSPS) is 15.1. The molecule has 0 saturated carbocycles. The number of nitrogens with zero attached hydrogens (tertiary/aromatic N) is 3. The zero-order chi connectivity index (χ0) is 25.0. The second-order valence-corrected chi connectivity index (χ2v) is 10.9. The van der Waals surface area contributed by atoms with Gasteiger partial charge in [0.2, 0.25) is 0 Å². The van der Waals surface area contributed by atoms with Crippen molar-refractivity contribution in [3.63, 3.8) is 0 Å². The summed E-state index contributed by atoms with van der Waals surface area (Å²) in [6.45, 7) is 1.83. The quantitative estimate of drug-likeness (QED) is 0.245. The Hall–Kier alpha value is -2.98. The van der Waals surface area contributed by atoms with Gasteiger partial charge in [0.25, 0.3) is 0 Å². The van der Waals surface area contributed by atoms with Crippen molar-refractivity contribution < 1.29 is 0 Å². The Bertz CT molecular complexity index is 1290. The summed E-state index contributed by atoms with van der Waals surface area (Å²) in [6, 6.07) is 17.7. The van der Waals surface area contributed by atoms with Crippen LogP contribution in [0.2, 0.25) is 0 Å². The molecule has 4 heteroatoms. The van der Waals surface area contributed by atoms with Crippen LogP contribution in [-0.2, 0) is 25.7 Å². The van der Waals surface area contributed by atoms with Gasteiger partial charge in [0.15, 0.2) is 0 Å². The smallest absolute Gasteiger partial charge is 0.0726 e. The number of unbranched alkanes of at least 4 members (excludes halogenated alkanes) is 4. The minimum Gasteiger partial charge on any atom is -0.340 e. The lowest BCUT2D eigenvalue weighted by Gasteiger charge is -2.35. The van der Waals surface area contributed by atoms with Crippen LogP contribution in [0.5, 0.6) is 0 Å². The van der Waals surface area contributed by atoms with E-state index in [2.05, 4.69) is 53.4 Å². The van der Waals surface area contributed by atoms with Crippen LogP contribution in [0.15, 0.2) is 48.5 Å². The number of pyridine rings is 2. The van der Waals surface area contributed by atoms with Crippen LogP contribution in [-0.4, -0.2) is 23.1 Å². The molecular weight excluding hydrogens is 452 g/mol. The highest BCUT2D eigenvalue weighted by Crippen LogP contribution is 2.44. The van der Waals surface area contributed by atoms with Gasteiger partial charge < -0.3 is 10.6 Å². The van der Waals surface area contributed by atoms with Crippen molar-refractivity contribution in [2.75, 3.05) is 18.0 Å². The lowest BCUT2D eigenvalue weighted by Crippen LogP contribution is -2.25. The predicted molar refractivity (Wildman–Crippen MR) is 156 cm³/mol. The standard InChI is InChI=1S/C33H40N4/c34-22-12-2-1-3-13-23-37(32-24-14-4-8-18-28(24)35-29-19-9-5-15-25(29)32)33-26-16-6-10-20-30(26)36-31-21-11-7-17-27(31)33/h4,6,8,10,14,16,18,20H,1-3,5,7,9,11-13,15,17,19,21-23,34H2. The van der Waals surface area contributed by atoms with E-state index < -0.39 is 0 Å². The number of anilines is 2. The number of nitrogens with two attached hydrogens (primary N) is 1. The number of fused-ring (bicyclic) bond motifs is 4. The molecule has 2 aromatic carbocycles. The van der Waals surface area contributed by atoms with Crippen molar-refractivity contribution in [1.82, 2.24) is 9.97 Å². The Labute approximate surface area is 221 Å². The summed E-state index contributed by atoms with van der Waals surface area (Å²) in [4.78, 5) is 13.1. The number of hydrogen-bond donors (Lipinski definition) is 1. The number of hydrogen-bond acceptors (Lipinski definition) is 4. The first-order valence-corrected chi connectivity index (χ1v) is 14.6. The Morgan fingerprint density at radius 2 is 1.08 bits per heavy atom. The van der Waals surface area contributed by atoms with Crippen molar-refractivity contribution >= 4 is 33.2 Å². The highest BCUT2D eigenvalue weighted by atomic mass is 15.1. The Morgan fingerprint density at radius 3 is 1.65 bits per heavy atom. The average Bonchev–Trinajstić information content (AvgIpc) is 2.95. The zero-order valence-electron chi connectivity index (χ0n) is 22.1. The maximum Gasteiger partial charge on any atom is 0.0726 e. The van der Waals surface area contributed by atoms with Crippen molar-refractivity contribution in [2.24, 2.45) is 5.73 Å². The third kappa shape index (κ3) is 4.84. The molecule has 0 bridgehead atoms. The Balaban J connectivity index is 1.55. The fourth-order valence-corrected chi connectivity index (χ4v) is 6.59. The first kappa shape index (κ1) is 24.4. The van der Waals surface area contributed by atoms with Crippen molar-refractivity contribution in [3.05, 3.63) is 71.0 Å². The monoisotopic (exact) mass is 492 g/mol. The summed E-state index contributed by atoms with van der Waals surface area (Å²) in [5.41, 5.74) is 16.5. The molecule has 0 radical (unpaired) electrons. The topological polar surface area (TPSA) is 55.0 Å². The van der Waals surface area contributed by atoms with Gasteiger partial charge in [0, 0.05) is 28.7 Å². The number of para-hydroxylation sites is 2. The average molecular weight is 493 g/mol. The van der Waals surface area contributed by atoms with Crippen molar-refractivity contribution in [2.45, 2.75) is 83.5 Å². The fourth-order valence-electron chi connectivity index (χ4n) is 6.59. The minimum atomic E-state index is 0.802. The van der Waals surface area contributed by atoms with Gasteiger partial charge in [-0.3, -0.25) is 9.97 Å². The van der Waals surface area contributed by atoms with E-state index in [1.807, 2.05) is 0 Å². The molecule has 2 N–H and O–H groups in total. The molecule has 0 fully saturated rings. The minimum absolute atomic E-state index is 0.802. The molecule has 0 amide bonds. The number of aromatic nitrogens is 2. The summed E-state index contributed by atoms with van der Waals surface area (Å²) in [7, 11) is 0. The molecule has 0 saturated heterocycles. The van der Waals surface area contributed by atoms with Crippen LogP contribution < -0.4 is 10.6 Å². The van der Waals surface area contributed by atoms with Gasteiger partial charge in [-0.2, -0.15) is 0 Å². The summed E-state index contributed by atoms with van der Waals surface area (Å²) in [5, 5.41) is 2.61. The van der Waals surface area contributed by atoms with E-state index in [9.17, 15) is 0 Å². The van der Waals surface area contributed by atoms with Gasteiger partial charge in [-0.15, -0.1) is 0 Å². The van der Waals surface area contributed by atoms with Gasteiger partial charge in [0.1, 0.15) is 0 Å². The molecule has 37 heavy (non-hydrogen) atoms. The second-order valence-electron chi connectivity index (χ2n) is 10.9. The van der Waals surface area contributed by atoms with Crippen molar-refractivity contribution in [3.8, 4) is 0 Å². The molecule has 0 unspecified atom stereocenters. The SMILES string of the molecule is NCCCCCCCN(c1c2c(nc3ccccc13)CCCC2)c1c2c(nc3ccccc13)CCCC2. The van der Waals surface area contributed by atoms with Crippen LogP contribution in [0, 0.1) is 0 Å². The highest BCUT2D eigenvalue weighted by Gasteiger charge is 2.28. The lowest BCUT2D eigenvalue weighted by atomic mass is 9.89. The van der Waals surface area contributed by atoms with Gasteiger partial charge >= 0.3 is 0 Å². The predicted octanol–water partition coefficient (Wildman–Crippen LogP) is 7.59. The molecule has 0 atom stereocenters. The van der Waals surface area contributed by atoms with Gasteiger partial charge in [-0.25, -0.2) is 0 Å². The van der Waals surface area contributed by atoms with E-state index in [0.29, 0.717) is 0 Å². The number of aryl methyl sites for hydroxylation is 2. The summed E-state index contributed by atoms with van der Waals surface area (Å²) >= 11 is 0. The van der Waals surface area contributed by atoms with E-state index >= 15 is 0 Å². The summed E-state index contributed by atoms with van der Waals surface area (Å²) < 4.78 is 0. The molecule has 4 nitrogen and oxygen atoms in total. The first-order chi connectivity index (χ1) is 18.3. The maximum absolute atomic E-state index is 5.76. The van der Waals surface area contributed by atoms with E-state index in [1.165, 1.54) is 96.0 Å². The molecule has 0 aliphatic heterocycles. The van der Waals surface area contributed by atoms with Crippen LogP contribution in [0.3, 0.4) is 0 Å². The van der Waals surface area contributed by atoms with E-state index in [1.54, 1.807) is 0 Å². The highest BCUT2D eigenvalue weighted by molar-refractivity contribution is 6.02. The fraction of sp³-hybridized carbons (Fsp3) is 0.455. The largest absolute Gasteiger partial charge is 0.340 e. The third-order valence-corrected chi connectivity index (χ3v) is 8.40. The van der Waals surface area contributed by atoms with Crippen LogP contribution >= 0.6 is 0 Å². The molecule has 2 aliphatic rings. The van der Waals surface area contributed by atoms with E-state index in [-0.39, 0.29) is 0 Å². The lowest BCUT2D eigenvalue weighted by molar-refractivity contribution is 0.617. The molecule has 192 valence electrons. The number of benzene rings is 2. The molecule has 6 rings (SSSR count). The van der Waals surface area contributed by atoms with E-state index in [4.69, 9.17) is 15.7 Å². The first-order valence-electron chi connectivity index (χ1n) is 14.6. The van der Waals surface area contributed by atoms with Crippen LogP contribution in [0.1, 0.15) is 80.3 Å². The summed E-state index contributed by atoms with van der Waals surface area (Å²) in [5.74, 6) is 0. The number of rotatable bonds is 9. The second kappa shape index (κ2) is 11.2.